The monoisotopic (exact) mass is 273 g/mol. The Morgan fingerprint density at radius 1 is 1.39 bits per heavy atom. The number of urea groups is 1. The van der Waals surface area contributed by atoms with Crippen molar-refractivity contribution in [2.24, 2.45) is 0 Å². The van der Waals surface area contributed by atoms with Crippen LogP contribution in [-0.2, 0) is 10.0 Å². The van der Waals surface area contributed by atoms with Gasteiger partial charge in [-0.1, -0.05) is 19.8 Å². The number of nitrogens with zero attached hydrogens (tertiary/aromatic N) is 3. The molecule has 0 saturated heterocycles. The zero-order valence-corrected chi connectivity index (χ0v) is 10.8. The summed E-state index contributed by atoms with van der Waals surface area (Å²) in [6.07, 6.45) is 3.57. The van der Waals surface area contributed by atoms with Gasteiger partial charge in [0.1, 0.15) is 0 Å². The number of nitrogens with one attached hydrogen (secondary N) is 2. The minimum atomic E-state index is -3.60. The zero-order chi connectivity index (χ0) is 13.4. The fraction of sp³-hybridized carbons (Fsp3) is 0.556. The molecule has 0 aliphatic heterocycles. The Labute approximate surface area is 105 Å². The summed E-state index contributed by atoms with van der Waals surface area (Å²) in [4.78, 5) is 11.4. The maximum Gasteiger partial charge on any atom is 0.334 e. The normalized spacial score (nSPS) is 10.9. The molecular formula is C9H15N5O3S. The third-order valence-corrected chi connectivity index (χ3v) is 3.33. The largest absolute Gasteiger partial charge is 0.334 e. The summed E-state index contributed by atoms with van der Waals surface area (Å²) in [5.41, 5.74) is 0. The molecule has 8 nitrogen and oxygen atoms in total. The number of carbonyl (C=O) groups is 1. The highest BCUT2D eigenvalue weighted by Gasteiger charge is 2.14. The van der Waals surface area contributed by atoms with E-state index in [2.05, 4.69) is 20.7 Å². The van der Waals surface area contributed by atoms with E-state index in [0.29, 0.717) is 6.42 Å². The topological polar surface area (TPSA) is 114 Å². The quantitative estimate of drug-likeness (QED) is 0.730. The van der Waals surface area contributed by atoms with Crippen molar-refractivity contribution in [3.8, 4) is 0 Å². The standard InChI is InChI=1S/C9H15N5O3S/c1-2-3-4-7-18(16,17)13-9(15)11-8-5-6-10-14-12-8/h5-6H,2-4,7H2,1H3,(H2,10,11,12,13,15). The highest BCUT2D eigenvalue weighted by Crippen LogP contribution is 1.99. The maximum absolute atomic E-state index is 11.5. The molecule has 0 spiro atoms. The van der Waals surface area contributed by atoms with Gasteiger partial charge in [-0.25, -0.2) is 17.9 Å². The van der Waals surface area contributed by atoms with Crippen LogP contribution in [-0.4, -0.2) is 35.6 Å². The first-order valence-electron chi connectivity index (χ1n) is 5.49. The van der Waals surface area contributed by atoms with E-state index >= 15 is 0 Å². The van der Waals surface area contributed by atoms with E-state index in [9.17, 15) is 13.2 Å². The van der Waals surface area contributed by atoms with Crippen molar-refractivity contribution in [3.63, 3.8) is 0 Å². The highest BCUT2D eigenvalue weighted by atomic mass is 32.2. The summed E-state index contributed by atoms with van der Waals surface area (Å²) in [6.45, 7) is 1.97. The number of aromatic nitrogens is 3. The molecule has 0 aromatic carbocycles. The molecule has 1 heterocycles. The van der Waals surface area contributed by atoms with Crippen LogP contribution in [0, 0.1) is 0 Å². The van der Waals surface area contributed by atoms with Crippen LogP contribution in [0.5, 0.6) is 0 Å². The fourth-order valence-corrected chi connectivity index (χ4v) is 2.20. The van der Waals surface area contributed by atoms with Crippen LogP contribution in [0.1, 0.15) is 26.2 Å². The molecule has 0 fully saturated rings. The minimum absolute atomic E-state index is 0.0731. The molecule has 100 valence electrons. The summed E-state index contributed by atoms with van der Waals surface area (Å²) in [5, 5.41) is 12.5. The lowest BCUT2D eigenvalue weighted by atomic mass is 10.3. The van der Waals surface area contributed by atoms with Crippen molar-refractivity contribution in [1.29, 1.82) is 0 Å². The van der Waals surface area contributed by atoms with Gasteiger partial charge in [0.25, 0.3) is 0 Å². The lowest BCUT2D eigenvalue weighted by Crippen LogP contribution is -2.36. The molecule has 0 bridgehead atoms. The highest BCUT2D eigenvalue weighted by molar-refractivity contribution is 7.90. The first-order chi connectivity index (χ1) is 8.53. The Balaban J connectivity index is 2.44. The number of unbranched alkanes of at least 4 members (excludes halogenated alkanes) is 2. The first-order valence-corrected chi connectivity index (χ1v) is 7.14. The van der Waals surface area contributed by atoms with Crippen molar-refractivity contribution in [3.05, 3.63) is 12.3 Å². The lowest BCUT2D eigenvalue weighted by molar-refractivity contribution is 0.256. The average molecular weight is 273 g/mol. The van der Waals surface area contributed by atoms with Gasteiger partial charge < -0.3 is 0 Å². The van der Waals surface area contributed by atoms with Crippen LogP contribution < -0.4 is 10.0 Å². The Morgan fingerprint density at radius 2 is 2.17 bits per heavy atom. The van der Waals surface area contributed by atoms with Crippen LogP contribution in [0.3, 0.4) is 0 Å². The maximum atomic E-state index is 11.5. The SMILES string of the molecule is CCCCCS(=O)(=O)NC(=O)Nc1ccnnn1. The molecule has 2 N–H and O–H groups in total. The number of carbonyl (C=O) groups excluding carboxylic acids is 1. The van der Waals surface area contributed by atoms with Crippen molar-refractivity contribution in [2.75, 3.05) is 11.1 Å². The van der Waals surface area contributed by atoms with E-state index in [0.717, 1.165) is 12.8 Å². The molecule has 0 unspecified atom stereocenters. The summed E-state index contributed by atoms with van der Waals surface area (Å²) in [6, 6.07) is 0.544. The van der Waals surface area contributed by atoms with E-state index in [4.69, 9.17) is 0 Å². The molecule has 0 saturated carbocycles. The predicted octanol–water partition coefficient (Wildman–Crippen LogP) is 0.513. The summed E-state index contributed by atoms with van der Waals surface area (Å²) < 4.78 is 24.9. The van der Waals surface area contributed by atoms with E-state index in [1.807, 2.05) is 11.6 Å². The predicted molar refractivity (Wildman–Crippen MR) is 65.3 cm³/mol. The van der Waals surface area contributed by atoms with Gasteiger partial charge in [-0.3, -0.25) is 5.32 Å². The van der Waals surface area contributed by atoms with E-state index in [-0.39, 0.29) is 11.6 Å². The third-order valence-electron chi connectivity index (χ3n) is 2.01. The van der Waals surface area contributed by atoms with Gasteiger partial charge in [0.15, 0.2) is 5.82 Å². The average Bonchev–Trinajstić information content (AvgIpc) is 2.29. The first kappa shape index (κ1) is 14.3. The Morgan fingerprint density at radius 3 is 2.78 bits per heavy atom. The van der Waals surface area contributed by atoms with Crippen molar-refractivity contribution in [1.82, 2.24) is 20.1 Å². The number of amides is 2. The molecule has 18 heavy (non-hydrogen) atoms. The summed E-state index contributed by atoms with van der Waals surface area (Å²) in [5.74, 6) is 0.0577. The molecule has 1 aromatic heterocycles. The van der Waals surface area contributed by atoms with Gasteiger partial charge >= 0.3 is 6.03 Å². The summed E-state index contributed by atoms with van der Waals surface area (Å²) >= 11 is 0. The second-order valence-electron chi connectivity index (χ2n) is 3.59. The molecule has 1 aromatic rings. The number of hydrogen-bond donors (Lipinski definition) is 2. The Kier molecular flexibility index (Phi) is 5.43. The van der Waals surface area contributed by atoms with Crippen molar-refractivity contribution >= 4 is 21.9 Å². The molecular weight excluding hydrogens is 258 g/mol. The molecule has 9 heteroatoms. The fourth-order valence-electron chi connectivity index (χ4n) is 1.18. The van der Waals surface area contributed by atoms with Crippen LogP contribution in [0.4, 0.5) is 10.6 Å². The van der Waals surface area contributed by atoms with Crippen LogP contribution in [0.2, 0.25) is 0 Å². The van der Waals surface area contributed by atoms with Gasteiger partial charge in [0.05, 0.1) is 11.9 Å². The van der Waals surface area contributed by atoms with Gasteiger partial charge in [-0.15, -0.1) is 10.2 Å². The third kappa shape index (κ3) is 5.53. The zero-order valence-electron chi connectivity index (χ0n) is 9.96. The van der Waals surface area contributed by atoms with Crippen LogP contribution >= 0.6 is 0 Å². The Hall–Kier alpha value is -1.77. The lowest BCUT2D eigenvalue weighted by Gasteiger charge is -2.07. The Bertz CT molecular complexity index is 476. The molecule has 0 radical (unpaired) electrons. The van der Waals surface area contributed by atoms with Crippen LogP contribution in [0.15, 0.2) is 12.3 Å². The van der Waals surface area contributed by atoms with Crippen molar-refractivity contribution in [2.45, 2.75) is 26.2 Å². The second kappa shape index (κ2) is 6.84. The van der Waals surface area contributed by atoms with Gasteiger partial charge in [0, 0.05) is 6.07 Å². The molecule has 2 amide bonds. The second-order valence-corrected chi connectivity index (χ2v) is 5.43. The van der Waals surface area contributed by atoms with E-state index in [1.54, 1.807) is 0 Å². The van der Waals surface area contributed by atoms with E-state index in [1.165, 1.54) is 12.3 Å². The van der Waals surface area contributed by atoms with Gasteiger partial charge in [-0.2, -0.15) is 0 Å². The smallest absolute Gasteiger partial charge is 0.290 e. The number of rotatable bonds is 6. The molecule has 1 rings (SSSR count). The minimum Gasteiger partial charge on any atom is -0.290 e. The molecule has 0 atom stereocenters. The van der Waals surface area contributed by atoms with E-state index < -0.39 is 16.1 Å². The molecule has 0 aliphatic rings. The number of sulfonamides is 1. The van der Waals surface area contributed by atoms with Gasteiger partial charge in [-0.05, 0) is 11.6 Å². The number of hydrogen-bond acceptors (Lipinski definition) is 6. The molecule has 0 aliphatic carbocycles. The number of anilines is 1. The van der Waals surface area contributed by atoms with Crippen LogP contribution in [0.25, 0.3) is 0 Å². The van der Waals surface area contributed by atoms with Gasteiger partial charge in [0.2, 0.25) is 10.0 Å². The van der Waals surface area contributed by atoms with Crippen molar-refractivity contribution < 1.29 is 13.2 Å². The summed E-state index contributed by atoms with van der Waals surface area (Å²) in [7, 11) is -3.60.